The monoisotopic (exact) mass is 307 g/mol. The van der Waals surface area contributed by atoms with E-state index < -0.39 is 0 Å². The van der Waals surface area contributed by atoms with Crippen LogP contribution >= 0.6 is 0 Å². The molecule has 1 amide bonds. The number of carbonyl (C=O) groups excluding carboxylic acids is 1. The summed E-state index contributed by atoms with van der Waals surface area (Å²) in [6.45, 7) is 4.69. The first-order chi connectivity index (χ1) is 11.1. The number of rotatable bonds is 6. The molecule has 0 aliphatic carbocycles. The van der Waals surface area contributed by atoms with Gasteiger partial charge in [0.05, 0.1) is 11.3 Å². The Morgan fingerprint density at radius 2 is 1.74 bits per heavy atom. The molecule has 0 spiro atoms. The van der Waals surface area contributed by atoms with Gasteiger partial charge in [0, 0.05) is 18.7 Å². The first-order valence-electron chi connectivity index (χ1n) is 7.73. The molecule has 0 radical (unpaired) electrons. The van der Waals surface area contributed by atoms with E-state index in [1.54, 1.807) is 6.07 Å². The normalized spacial score (nSPS) is 10.2. The Labute approximate surface area is 137 Å². The Bertz CT molecular complexity index is 717. The van der Waals surface area contributed by atoms with Gasteiger partial charge in [-0.05, 0) is 29.7 Å². The fourth-order valence-corrected chi connectivity index (χ4v) is 2.37. The van der Waals surface area contributed by atoms with Crippen LogP contribution in [0.4, 0.5) is 11.4 Å². The Hall–Kier alpha value is -2.80. The van der Waals surface area contributed by atoms with Gasteiger partial charge in [-0.2, -0.15) is 5.26 Å². The lowest BCUT2D eigenvalue weighted by Gasteiger charge is -2.14. The first-order valence-corrected chi connectivity index (χ1v) is 7.73. The molecule has 4 nitrogen and oxygen atoms in total. The summed E-state index contributed by atoms with van der Waals surface area (Å²) in [4.78, 5) is 12.1. The van der Waals surface area contributed by atoms with Crippen LogP contribution in [0.25, 0.3) is 0 Å². The van der Waals surface area contributed by atoms with Gasteiger partial charge < -0.3 is 10.6 Å². The molecular weight excluding hydrogens is 286 g/mol. The largest absolute Gasteiger partial charge is 0.383 e. The van der Waals surface area contributed by atoms with Crippen LogP contribution in [0, 0.1) is 11.3 Å². The standard InChI is InChI=1S/C19H21N3O/c1-14(2)16-8-4-6-10-18(16)22-19(23)11-12-21-17-9-5-3-7-15(17)13-20/h3-10,14,21H,11-12H2,1-2H3,(H,22,23). The number of nitrogens with one attached hydrogen (secondary N) is 2. The second-order valence-electron chi connectivity index (χ2n) is 5.62. The molecular formula is C19H21N3O. The predicted molar refractivity (Wildman–Crippen MR) is 93.4 cm³/mol. The molecule has 0 heterocycles. The van der Waals surface area contributed by atoms with Gasteiger partial charge in [0.25, 0.3) is 0 Å². The molecule has 0 saturated heterocycles. The third kappa shape index (κ3) is 4.58. The Morgan fingerprint density at radius 1 is 1.09 bits per heavy atom. The average molecular weight is 307 g/mol. The second-order valence-corrected chi connectivity index (χ2v) is 5.62. The first kappa shape index (κ1) is 16.6. The zero-order valence-corrected chi connectivity index (χ0v) is 13.5. The van der Waals surface area contributed by atoms with Crippen molar-refractivity contribution >= 4 is 17.3 Å². The molecule has 0 fully saturated rings. The fourth-order valence-electron chi connectivity index (χ4n) is 2.37. The van der Waals surface area contributed by atoms with E-state index in [0.717, 1.165) is 16.9 Å². The van der Waals surface area contributed by atoms with Crippen LogP contribution in [-0.2, 0) is 4.79 Å². The number of amides is 1. The highest BCUT2D eigenvalue weighted by Crippen LogP contribution is 2.23. The SMILES string of the molecule is CC(C)c1ccccc1NC(=O)CCNc1ccccc1C#N. The summed E-state index contributed by atoms with van der Waals surface area (Å²) in [7, 11) is 0. The Morgan fingerprint density at radius 3 is 2.43 bits per heavy atom. The maximum absolute atomic E-state index is 12.1. The van der Waals surface area contributed by atoms with Crippen LogP contribution in [0.2, 0.25) is 0 Å². The van der Waals surface area contributed by atoms with Gasteiger partial charge in [-0.25, -0.2) is 0 Å². The van der Waals surface area contributed by atoms with Crippen molar-refractivity contribution in [3.8, 4) is 6.07 Å². The number of anilines is 2. The van der Waals surface area contributed by atoms with E-state index in [0.29, 0.717) is 24.4 Å². The lowest BCUT2D eigenvalue weighted by molar-refractivity contribution is -0.115. The van der Waals surface area contributed by atoms with Gasteiger partial charge in [-0.1, -0.05) is 44.2 Å². The maximum Gasteiger partial charge on any atom is 0.226 e. The van der Waals surface area contributed by atoms with Crippen molar-refractivity contribution < 1.29 is 4.79 Å². The van der Waals surface area contributed by atoms with Gasteiger partial charge in [0.1, 0.15) is 6.07 Å². The molecule has 23 heavy (non-hydrogen) atoms. The minimum absolute atomic E-state index is 0.0416. The maximum atomic E-state index is 12.1. The topological polar surface area (TPSA) is 64.9 Å². The van der Waals surface area contributed by atoms with Crippen LogP contribution in [0.1, 0.15) is 37.3 Å². The zero-order chi connectivity index (χ0) is 16.7. The van der Waals surface area contributed by atoms with Gasteiger partial charge in [-0.3, -0.25) is 4.79 Å². The minimum Gasteiger partial charge on any atom is -0.383 e. The zero-order valence-electron chi connectivity index (χ0n) is 13.5. The van der Waals surface area contributed by atoms with E-state index in [1.165, 1.54) is 0 Å². The number of hydrogen-bond acceptors (Lipinski definition) is 3. The van der Waals surface area contributed by atoms with Crippen LogP contribution in [0.15, 0.2) is 48.5 Å². The molecule has 2 aromatic carbocycles. The lowest BCUT2D eigenvalue weighted by Crippen LogP contribution is -2.17. The number of hydrogen-bond donors (Lipinski definition) is 2. The summed E-state index contributed by atoms with van der Waals surface area (Å²) in [6, 6.07) is 17.3. The second kappa shape index (κ2) is 8.00. The highest BCUT2D eigenvalue weighted by atomic mass is 16.1. The lowest BCUT2D eigenvalue weighted by atomic mass is 10.0. The highest BCUT2D eigenvalue weighted by molar-refractivity contribution is 5.91. The molecule has 0 bridgehead atoms. The molecule has 0 unspecified atom stereocenters. The summed E-state index contributed by atoms with van der Waals surface area (Å²) in [6.07, 6.45) is 0.339. The van der Waals surface area contributed by atoms with Crippen LogP contribution in [-0.4, -0.2) is 12.5 Å². The minimum atomic E-state index is -0.0416. The molecule has 0 aromatic heterocycles. The number of benzene rings is 2. The van der Waals surface area contributed by atoms with Gasteiger partial charge in [0.2, 0.25) is 5.91 Å². The average Bonchev–Trinajstić information content (AvgIpc) is 2.55. The quantitative estimate of drug-likeness (QED) is 0.843. The molecule has 2 rings (SSSR count). The van der Waals surface area contributed by atoms with E-state index in [4.69, 9.17) is 5.26 Å². The van der Waals surface area contributed by atoms with E-state index in [-0.39, 0.29) is 5.91 Å². The molecule has 2 aromatic rings. The van der Waals surface area contributed by atoms with Gasteiger partial charge in [-0.15, -0.1) is 0 Å². The van der Waals surface area contributed by atoms with Crippen molar-refractivity contribution in [2.75, 3.05) is 17.2 Å². The van der Waals surface area contributed by atoms with Crippen molar-refractivity contribution in [1.29, 1.82) is 5.26 Å². The summed E-state index contributed by atoms with van der Waals surface area (Å²) < 4.78 is 0. The molecule has 0 aliphatic rings. The molecule has 118 valence electrons. The number of nitrogens with zero attached hydrogens (tertiary/aromatic N) is 1. The molecule has 4 heteroatoms. The van der Waals surface area contributed by atoms with Crippen molar-refractivity contribution in [3.63, 3.8) is 0 Å². The van der Waals surface area contributed by atoms with Gasteiger partial charge in [0.15, 0.2) is 0 Å². The summed E-state index contributed by atoms with van der Waals surface area (Å²) in [5.41, 5.74) is 3.33. The van der Waals surface area contributed by atoms with Crippen molar-refractivity contribution in [3.05, 3.63) is 59.7 Å². The van der Waals surface area contributed by atoms with E-state index in [1.807, 2.05) is 42.5 Å². The van der Waals surface area contributed by atoms with Crippen LogP contribution < -0.4 is 10.6 Å². The fraction of sp³-hybridized carbons (Fsp3) is 0.263. The summed E-state index contributed by atoms with van der Waals surface area (Å²) in [5.74, 6) is 0.312. The Kier molecular flexibility index (Phi) is 5.76. The van der Waals surface area contributed by atoms with Crippen molar-refractivity contribution in [2.24, 2.45) is 0 Å². The predicted octanol–water partition coefficient (Wildman–Crippen LogP) is 4.12. The third-order valence-electron chi connectivity index (χ3n) is 3.57. The summed E-state index contributed by atoms with van der Waals surface area (Å²) >= 11 is 0. The van der Waals surface area contributed by atoms with Crippen LogP contribution in [0.5, 0.6) is 0 Å². The van der Waals surface area contributed by atoms with E-state index >= 15 is 0 Å². The van der Waals surface area contributed by atoms with E-state index in [9.17, 15) is 4.79 Å². The van der Waals surface area contributed by atoms with Crippen molar-refractivity contribution in [1.82, 2.24) is 0 Å². The highest BCUT2D eigenvalue weighted by Gasteiger charge is 2.09. The number of nitriles is 1. The number of carbonyl (C=O) groups is 1. The molecule has 0 atom stereocenters. The molecule has 0 aliphatic heterocycles. The van der Waals surface area contributed by atoms with E-state index in [2.05, 4.69) is 30.6 Å². The molecule has 0 saturated carbocycles. The smallest absolute Gasteiger partial charge is 0.226 e. The van der Waals surface area contributed by atoms with Crippen molar-refractivity contribution in [2.45, 2.75) is 26.2 Å². The number of para-hydroxylation sites is 2. The van der Waals surface area contributed by atoms with Crippen LogP contribution in [0.3, 0.4) is 0 Å². The summed E-state index contributed by atoms with van der Waals surface area (Å²) in [5, 5.41) is 15.1. The third-order valence-corrected chi connectivity index (χ3v) is 3.57. The van der Waals surface area contributed by atoms with Gasteiger partial charge >= 0.3 is 0 Å². The molecule has 2 N–H and O–H groups in total. The Balaban J connectivity index is 1.90.